The van der Waals surface area contributed by atoms with Crippen LogP contribution >= 0.6 is 0 Å². The molecule has 37 heavy (non-hydrogen) atoms. The monoisotopic (exact) mass is 528 g/mol. The van der Waals surface area contributed by atoms with Gasteiger partial charge >= 0.3 is 11.4 Å². The third-order valence-corrected chi connectivity index (χ3v) is 6.02. The van der Waals surface area contributed by atoms with Gasteiger partial charge in [0, 0.05) is 44.2 Å². The highest BCUT2D eigenvalue weighted by Crippen LogP contribution is 2.31. The number of aromatic nitrogens is 4. The second-order valence-corrected chi connectivity index (χ2v) is 9.01. The summed E-state index contributed by atoms with van der Waals surface area (Å²) in [6.07, 6.45) is 0.905. The van der Waals surface area contributed by atoms with Gasteiger partial charge < -0.3 is 29.5 Å². The largest absolute Gasteiger partial charge is 0.394 e. The van der Waals surface area contributed by atoms with Crippen molar-refractivity contribution in [2.24, 2.45) is 5.92 Å². The van der Waals surface area contributed by atoms with E-state index in [2.05, 4.69) is 14.7 Å². The summed E-state index contributed by atoms with van der Waals surface area (Å²) in [7, 11) is 3.25. The number of ether oxygens (including phenoxy) is 3. The summed E-state index contributed by atoms with van der Waals surface area (Å²) in [6.45, 7) is 4.80. The lowest BCUT2D eigenvalue weighted by Gasteiger charge is -2.14. The van der Waals surface area contributed by atoms with Crippen LogP contribution in [0.25, 0.3) is 0 Å². The molecule has 208 valence electrons. The smallest absolute Gasteiger partial charge is 0.330 e. The SMILES string of the molecule is COC.Cc1cn([C@H]2C[C@H](C)[C@@H](CO)O2)c(=O)[nH]c1=O.Cc1cn([C@H]2C[C@H](O)[C@@H](CO)O2)c(=O)[nH]c1=O. The summed E-state index contributed by atoms with van der Waals surface area (Å²) in [5, 5.41) is 27.6. The van der Waals surface area contributed by atoms with E-state index in [1.807, 2.05) is 6.92 Å². The molecule has 0 aliphatic carbocycles. The molecule has 2 fully saturated rings. The van der Waals surface area contributed by atoms with Gasteiger partial charge in [-0.25, -0.2) is 9.59 Å². The Labute approximate surface area is 212 Å². The van der Waals surface area contributed by atoms with Crippen molar-refractivity contribution in [3.05, 3.63) is 65.2 Å². The van der Waals surface area contributed by atoms with E-state index < -0.39 is 41.6 Å². The Morgan fingerprint density at radius 1 is 0.865 bits per heavy atom. The number of aliphatic hydroxyl groups is 3. The average molecular weight is 529 g/mol. The third-order valence-electron chi connectivity index (χ3n) is 6.02. The molecule has 0 amide bonds. The van der Waals surface area contributed by atoms with Crippen molar-refractivity contribution in [2.75, 3.05) is 27.4 Å². The minimum Gasteiger partial charge on any atom is -0.394 e. The van der Waals surface area contributed by atoms with E-state index in [1.165, 1.54) is 21.5 Å². The minimum absolute atomic E-state index is 0.0608. The van der Waals surface area contributed by atoms with Crippen LogP contribution in [-0.4, -0.2) is 80.2 Å². The van der Waals surface area contributed by atoms with Crippen molar-refractivity contribution in [1.82, 2.24) is 19.1 Å². The second-order valence-electron chi connectivity index (χ2n) is 9.01. The topological polar surface area (TPSA) is 198 Å². The summed E-state index contributed by atoms with van der Waals surface area (Å²) in [5.74, 6) is 0.184. The molecule has 0 radical (unpaired) electrons. The zero-order valence-electron chi connectivity index (χ0n) is 21.5. The molecular formula is C23H36N4O10. The molecular weight excluding hydrogens is 492 g/mol. The van der Waals surface area contributed by atoms with Crippen molar-refractivity contribution >= 4 is 0 Å². The van der Waals surface area contributed by atoms with Crippen LogP contribution in [0.2, 0.25) is 0 Å². The van der Waals surface area contributed by atoms with Gasteiger partial charge in [-0.05, 0) is 26.2 Å². The van der Waals surface area contributed by atoms with E-state index in [9.17, 15) is 24.3 Å². The molecule has 0 aromatic carbocycles. The Kier molecular flexibility index (Phi) is 11.2. The summed E-state index contributed by atoms with van der Waals surface area (Å²) in [4.78, 5) is 50.0. The van der Waals surface area contributed by atoms with Crippen LogP contribution in [0.1, 0.15) is 43.3 Å². The molecule has 0 bridgehead atoms. The van der Waals surface area contributed by atoms with Gasteiger partial charge in [-0.1, -0.05) is 6.92 Å². The molecule has 4 heterocycles. The van der Waals surface area contributed by atoms with E-state index in [0.29, 0.717) is 17.5 Å². The maximum absolute atomic E-state index is 11.6. The van der Waals surface area contributed by atoms with Crippen molar-refractivity contribution in [2.45, 2.75) is 64.4 Å². The van der Waals surface area contributed by atoms with E-state index in [1.54, 1.807) is 28.1 Å². The van der Waals surface area contributed by atoms with Crippen LogP contribution < -0.4 is 22.5 Å². The van der Waals surface area contributed by atoms with Gasteiger partial charge in [0.05, 0.1) is 25.4 Å². The number of methoxy groups -OCH3 is 1. The molecule has 0 saturated carbocycles. The van der Waals surface area contributed by atoms with Crippen LogP contribution in [-0.2, 0) is 14.2 Å². The molecule has 14 heteroatoms. The molecule has 0 unspecified atom stereocenters. The standard InChI is InChI=1S/C11H16N2O4.C10H14N2O5.C2H6O/c1-6-3-9(17-8(6)5-14)13-4-7(2)10(15)12-11(13)16;1-5-3-12(10(16)11-9(5)15)8-2-6(14)7(4-13)17-8;1-3-2/h4,6,8-9,14H,3,5H2,1-2H3,(H,12,15,16);3,6-8,13-14H,2,4H2,1H3,(H,11,15,16);1-2H3/t6-,8+,9+;6-,7+,8+;/m00./s1. The van der Waals surface area contributed by atoms with E-state index in [-0.39, 0.29) is 37.2 Å². The zero-order chi connectivity index (χ0) is 27.9. The third kappa shape index (κ3) is 7.56. The van der Waals surface area contributed by atoms with Crippen molar-refractivity contribution in [3.63, 3.8) is 0 Å². The molecule has 14 nitrogen and oxygen atoms in total. The van der Waals surface area contributed by atoms with Gasteiger partial charge in [-0.2, -0.15) is 0 Å². The van der Waals surface area contributed by atoms with Crippen LogP contribution in [0.5, 0.6) is 0 Å². The Morgan fingerprint density at radius 3 is 1.65 bits per heavy atom. The highest BCUT2D eigenvalue weighted by molar-refractivity contribution is 5.02. The van der Waals surface area contributed by atoms with Crippen LogP contribution in [0.3, 0.4) is 0 Å². The predicted octanol–water partition coefficient (Wildman–Crippen LogP) is -1.49. The molecule has 2 aliphatic rings. The Hall–Kier alpha value is -2.88. The number of aryl methyl sites for hydroxylation is 2. The van der Waals surface area contributed by atoms with Crippen LogP contribution in [0.4, 0.5) is 0 Å². The molecule has 5 N–H and O–H groups in total. The number of nitrogens with zero attached hydrogens (tertiary/aromatic N) is 2. The Bertz CT molecular complexity index is 1150. The van der Waals surface area contributed by atoms with Crippen molar-refractivity contribution in [1.29, 1.82) is 0 Å². The minimum atomic E-state index is -0.816. The lowest BCUT2D eigenvalue weighted by atomic mass is 10.0. The first-order chi connectivity index (χ1) is 17.5. The molecule has 2 aliphatic heterocycles. The highest BCUT2D eigenvalue weighted by Gasteiger charge is 2.35. The summed E-state index contributed by atoms with van der Waals surface area (Å²) in [6, 6.07) is 0. The lowest BCUT2D eigenvalue weighted by Crippen LogP contribution is -2.33. The normalized spacial score (nSPS) is 26.7. The highest BCUT2D eigenvalue weighted by atomic mass is 16.5. The van der Waals surface area contributed by atoms with E-state index in [4.69, 9.17) is 19.7 Å². The van der Waals surface area contributed by atoms with Crippen molar-refractivity contribution < 1.29 is 29.5 Å². The second kappa shape index (κ2) is 13.6. The number of hydrogen-bond donors (Lipinski definition) is 5. The predicted molar refractivity (Wildman–Crippen MR) is 131 cm³/mol. The molecule has 2 aromatic rings. The van der Waals surface area contributed by atoms with E-state index in [0.717, 1.165) is 0 Å². The summed E-state index contributed by atoms with van der Waals surface area (Å²) >= 11 is 0. The lowest BCUT2D eigenvalue weighted by molar-refractivity contribution is -0.0459. The maximum atomic E-state index is 11.6. The summed E-state index contributed by atoms with van der Waals surface area (Å²) in [5.41, 5.74) is -1.03. The van der Waals surface area contributed by atoms with Gasteiger partial charge in [0.2, 0.25) is 0 Å². The van der Waals surface area contributed by atoms with Crippen LogP contribution in [0.15, 0.2) is 31.6 Å². The fraction of sp³-hybridized carbons (Fsp3) is 0.652. The summed E-state index contributed by atoms with van der Waals surface area (Å²) < 4.78 is 17.7. The first-order valence-electron chi connectivity index (χ1n) is 11.7. The Balaban J connectivity index is 0.000000235. The van der Waals surface area contributed by atoms with Gasteiger partial charge in [0.15, 0.2) is 0 Å². The number of hydrogen-bond acceptors (Lipinski definition) is 10. The van der Waals surface area contributed by atoms with Crippen molar-refractivity contribution in [3.8, 4) is 0 Å². The quantitative estimate of drug-likeness (QED) is 0.311. The number of nitrogens with one attached hydrogen (secondary N) is 2. The zero-order valence-corrected chi connectivity index (χ0v) is 21.5. The Morgan fingerprint density at radius 2 is 1.27 bits per heavy atom. The number of aromatic amines is 2. The molecule has 0 spiro atoms. The first kappa shape index (κ1) is 30.3. The molecule has 6 atom stereocenters. The molecule has 2 saturated heterocycles. The van der Waals surface area contributed by atoms with Crippen LogP contribution in [0, 0.1) is 19.8 Å². The van der Waals surface area contributed by atoms with Gasteiger partial charge in [-0.15, -0.1) is 0 Å². The maximum Gasteiger partial charge on any atom is 0.330 e. The number of aliphatic hydroxyl groups excluding tert-OH is 3. The molecule has 2 aromatic heterocycles. The van der Waals surface area contributed by atoms with Gasteiger partial charge in [0.1, 0.15) is 18.6 Å². The molecule has 4 rings (SSSR count). The van der Waals surface area contributed by atoms with Gasteiger partial charge in [-0.3, -0.25) is 28.7 Å². The fourth-order valence-electron chi connectivity index (χ4n) is 3.91. The van der Waals surface area contributed by atoms with Gasteiger partial charge in [0.25, 0.3) is 11.1 Å². The fourth-order valence-corrected chi connectivity index (χ4v) is 3.91. The first-order valence-corrected chi connectivity index (χ1v) is 11.7. The average Bonchev–Trinajstić information content (AvgIpc) is 3.41. The van der Waals surface area contributed by atoms with E-state index >= 15 is 0 Å². The number of rotatable bonds is 4. The number of H-pyrrole nitrogens is 2.